The van der Waals surface area contributed by atoms with Gasteiger partial charge in [0.25, 0.3) is 11.5 Å². The van der Waals surface area contributed by atoms with Crippen molar-refractivity contribution in [3.8, 4) is 0 Å². The van der Waals surface area contributed by atoms with E-state index in [9.17, 15) is 14.0 Å². The van der Waals surface area contributed by atoms with Crippen LogP contribution in [0.1, 0.15) is 16.1 Å². The molecule has 4 rings (SSSR count). The molecule has 0 spiro atoms. The Morgan fingerprint density at radius 2 is 2.00 bits per heavy atom. The third-order valence-electron chi connectivity index (χ3n) is 4.56. The summed E-state index contributed by atoms with van der Waals surface area (Å²) < 4.78 is 15.5. The number of thiazole rings is 1. The third kappa shape index (κ3) is 3.73. The van der Waals surface area contributed by atoms with Crippen molar-refractivity contribution in [2.45, 2.75) is 6.54 Å². The lowest BCUT2D eigenvalue weighted by molar-refractivity contribution is 0.0622. The summed E-state index contributed by atoms with van der Waals surface area (Å²) >= 11 is 7.16. The highest BCUT2D eigenvalue weighted by molar-refractivity contribution is 7.15. The van der Waals surface area contributed by atoms with E-state index in [0.717, 1.165) is 6.07 Å². The van der Waals surface area contributed by atoms with E-state index < -0.39 is 5.82 Å². The fraction of sp³-hybridized carbons (Fsp3) is 0.278. The molecule has 2 aromatic heterocycles. The van der Waals surface area contributed by atoms with Crippen LogP contribution in [0.15, 0.2) is 40.6 Å². The molecule has 9 heteroatoms. The van der Waals surface area contributed by atoms with Crippen molar-refractivity contribution in [2.75, 3.05) is 26.2 Å². The summed E-state index contributed by atoms with van der Waals surface area (Å²) in [6.45, 7) is 2.78. The molecular weight excluding hydrogens is 391 g/mol. The molecule has 0 atom stereocenters. The second-order valence-electron chi connectivity index (χ2n) is 6.33. The zero-order valence-electron chi connectivity index (χ0n) is 14.3. The molecule has 3 heterocycles. The Labute approximate surface area is 163 Å². The average Bonchev–Trinajstić information content (AvgIpc) is 3.11. The average molecular weight is 407 g/mol. The molecule has 1 aliphatic rings. The van der Waals surface area contributed by atoms with Crippen molar-refractivity contribution < 1.29 is 9.18 Å². The minimum Gasteiger partial charge on any atom is -0.336 e. The van der Waals surface area contributed by atoms with Crippen molar-refractivity contribution in [3.05, 3.63) is 68.3 Å². The molecule has 0 bridgehead atoms. The quantitative estimate of drug-likeness (QED) is 0.670. The Kier molecular flexibility index (Phi) is 4.94. The molecule has 27 heavy (non-hydrogen) atoms. The fourth-order valence-electron chi connectivity index (χ4n) is 3.14. The van der Waals surface area contributed by atoms with Gasteiger partial charge in [-0.3, -0.25) is 18.9 Å². The maximum atomic E-state index is 14.0. The van der Waals surface area contributed by atoms with Crippen molar-refractivity contribution in [3.63, 3.8) is 0 Å². The number of fused-ring (bicyclic) bond motifs is 1. The van der Waals surface area contributed by atoms with Crippen LogP contribution in [0.2, 0.25) is 5.02 Å². The summed E-state index contributed by atoms with van der Waals surface area (Å²) in [4.78, 5) is 33.5. The van der Waals surface area contributed by atoms with Gasteiger partial charge in [-0.2, -0.15) is 0 Å². The van der Waals surface area contributed by atoms with Crippen LogP contribution in [-0.2, 0) is 6.54 Å². The molecule has 0 aliphatic carbocycles. The molecule has 1 aliphatic heterocycles. The van der Waals surface area contributed by atoms with E-state index in [0.29, 0.717) is 43.4 Å². The van der Waals surface area contributed by atoms with Crippen molar-refractivity contribution in [1.29, 1.82) is 0 Å². The second-order valence-corrected chi connectivity index (χ2v) is 7.64. The normalized spacial score (nSPS) is 15.4. The Morgan fingerprint density at radius 3 is 2.74 bits per heavy atom. The van der Waals surface area contributed by atoms with Gasteiger partial charge in [-0.25, -0.2) is 9.37 Å². The van der Waals surface area contributed by atoms with Crippen molar-refractivity contribution >= 4 is 33.8 Å². The summed E-state index contributed by atoms with van der Waals surface area (Å²) in [7, 11) is 0. The third-order valence-corrected chi connectivity index (χ3v) is 5.55. The number of rotatable bonds is 3. The number of aromatic nitrogens is 2. The first-order valence-electron chi connectivity index (χ1n) is 8.44. The summed E-state index contributed by atoms with van der Waals surface area (Å²) in [6.07, 6.45) is 1.71. The lowest BCUT2D eigenvalue weighted by Crippen LogP contribution is -2.48. The van der Waals surface area contributed by atoms with E-state index in [1.165, 1.54) is 27.9 Å². The summed E-state index contributed by atoms with van der Waals surface area (Å²) in [6, 6.07) is 5.62. The topological polar surface area (TPSA) is 57.9 Å². The maximum absolute atomic E-state index is 14.0. The van der Waals surface area contributed by atoms with Crippen molar-refractivity contribution in [1.82, 2.24) is 19.2 Å². The van der Waals surface area contributed by atoms with Crippen LogP contribution >= 0.6 is 22.9 Å². The van der Waals surface area contributed by atoms with Gasteiger partial charge >= 0.3 is 0 Å². The minimum atomic E-state index is -0.608. The van der Waals surface area contributed by atoms with Crippen LogP contribution in [0.25, 0.3) is 4.96 Å². The first kappa shape index (κ1) is 18.1. The first-order chi connectivity index (χ1) is 13.0. The monoisotopic (exact) mass is 406 g/mol. The number of carbonyl (C=O) groups excluding carboxylic acids is 1. The molecule has 6 nitrogen and oxygen atoms in total. The molecule has 1 amide bonds. The number of hydrogen-bond acceptors (Lipinski definition) is 5. The minimum absolute atomic E-state index is 0.0330. The van der Waals surface area contributed by atoms with E-state index in [-0.39, 0.29) is 22.1 Å². The van der Waals surface area contributed by atoms with Gasteiger partial charge in [-0.15, -0.1) is 11.3 Å². The van der Waals surface area contributed by atoms with Crippen molar-refractivity contribution in [2.24, 2.45) is 0 Å². The van der Waals surface area contributed by atoms with Crippen LogP contribution in [0, 0.1) is 5.82 Å². The molecule has 1 saturated heterocycles. The fourth-order valence-corrected chi connectivity index (χ4v) is 4.04. The summed E-state index contributed by atoms with van der Waals surface area (Å²) in [5.41, 5.74) is 0.653. The SMILES string of the molecule is O=C(c1ccc(Cl)cc1F)N1CCN(Cc2cc(=O)n3ccsc3n2)CC1. The lowest BCUT2D eigenvalue weighted by atomic mass is 10.1. The number of halogens is 2. The zero-order valence-corrected chi connectivity index (χ0v) is 15.8. The Bertz CT molecular complexity index is 1060. The molecule has 3 aromatic rings. The zero-order chi connectivity index (χ0) is 19.0. The number of benzene rings is 1. The van der Waals surface area contributed by atoms with Crippen LogP contribution < -0.4 is 5.56 Å². The van der Waals surface area contributed by atoms with Crippen LogP contribution in [-0.4, -0.2) is 51.3 Å². The Hall–Kier alpha value is -2.29. The maximum Gasteiger partial charge on any atom is 0.258 e. The first-order valence-corrected chi connectivity index (χ1v) is 9.69. The van der Waals surface area contributed by atoms with Gasteiger partial charge in [0, 0.05) is 55.4 Å². The predicted molar refractivity (Wildman–Crippen MR) is 102 cm³/mol. The lowest BCUT2D eigenvalue weighted by Gasteiger charge is -2.34. The van der Waals surface area contributed by atoms with Crippen LogP contribution in [0.3, 0.4) is 0 Å². The number of piperazine rings is 1. The van der Waals surface area contributed by atoms with E-state index >= 15 is 0 Å². The second kappa shape index (κ2) is 7.38. The van der Waals surface area contributed by atoms with E-state index in [2.05, 4.69) is 9.88 Å². The Balaban J connectivity index is 1.41. The van der Waals surface area contributed by atoms with E-state index in [1.54, 1.807) is 17.2 Å². The molecule has 1 aromatic carbocycles. The highest BCUT2D eigenvalue weighted by Gasteiger charge is 2.24. The summed E-state index contributed by atoms with van der Waals surface area (Å²) in [5, 5.41) is 2.09. The Morgan fingerprint density at radius 1 is 1.22 bits per heavy atom. The highest BCUT2D eigenvalue weighted by atomic mass is 35.5. The standard InChI is InChI=1S/C18H16ClFN4O2S/c19-12-1-2-14(15(20)9-12)17(26)23-5-3-22(4-6-23)11-13-10-16(25)24-7-8-27-18(24)21-13/h1-2,7-10H,3-6,11H2. The highest BCUT2D eigenvalue weighted by Crippen LogP contribution is 2.18. The van der Waals surface area contributed by atoms with Gasteiger partial charge in [-0.05, 0) is 18.2 Å². The number of nitrogens with zero attached hydrogens (tertiary/aromatic N) is 4. The van der Waals surface area contributed by atoms with Gasteiger partial charge in [-0.1, -0.05) is 11.6 Å². The summed E-state index contributed by atoms with van der Waals surface area (Å²) in [5.74, 6) is -0.941. The van der Waals surface area contributed by atoms with Crippen LogP contribution in [0.5, 0.6) is 0 Å². The molecule has 0 unspecified atom stereocenters. The predicted octanol–water partition coefficient (Wildman–Crippen LogP) is 2.51. The molecular formula is C18H16ClFN4O2S. The molecule has 0 radical (unpaired) electrons. The smallest absolute Gasteiger partial charge is 0.258 e. The molecule has 0 N–H and O–H groups in total. The molecule has 1 fully saturated rings. The molecule has 0 saturated carbocycles. The van der Waals surface area contributed by atoms with E-state index in [1.807, 2.05) is 5.38 Å². The van der Waals surface area contributed by atoms with Gasteiger partial charge < -0.3 is 4.90 Å². The van der Waals surface area contributed by atoms with E-state index in [4.69, 9.17) is 11.6 Å². The van der Waals surface area contributed by atoms with Crippen LogP contribution in [0.4, 0.5) is 4.39 Å². The number of hydrogen-bond donors (Lipinski definition) is 0. The van der Waals surface area contributed by atoms with Gasteiger partial charge in [0.05, 0.1) is 11.3 Å². The van der Waals surface area contributed by atoms with Gasteiger partial charge in [0.15, 0.2) is 4.96 Å². The van der Waals surface area contributed by atoms with Gasteiger partial charge in [0.2, 0.25) is 0 Å². The largest absolute Gasteiger partial charge is 0.336 e. The number of amides is 1. The van der Waals surface area contributed by atoms with Gasteiger partial charge in [0.1, 0.15) is 5.82 Å². The number of carbonyl (C=O) groups is 1. The molecule has 140 valence electrons.